The molecule has 34 heavy (non-hydrogen) atoms. The van der Waals surface area contributed by atoms with Crippen LogP contribution < -0.4 is 9.62 Å². The van der Waals surface area contributed by atoms with Gasteiger partial charge in [-0.3, -0.25) is 24.0 Å². The third-order valence-corrected chi connectivity index (χ3v) is 6.72. The molecule has 2 aromatic carbocycles. The zero-order valence-corrected chi connectivity index (χ0v) is 21.0. The van der Waals surface area contributed by atoms with Gasteiger partial charge in [-0.05, 0) is 30.2 Å². The van der Waals surface area contributed by atoms with E-state index in [1.165, 1.54) is 36.2 Å². The third-order valence-electron chi connectivity index (χ3n) is 5.00. The van der Waals surface area contributed by atoms with Crippen LogP contribution in [0.15, 0.2) is 42.5 Å². The lowest BCUT2D eigenvalue weighted by molar-refractivity contribution is -0.384. The Hall–Kier alpha value is -2.89. The molecule has 0 fully saturated rings. The summed E-state index contributed by atoms with van der Waals surface area (Å²) in [7, 11) is -2.59. The van der Waals surface area contributed by atoms with Crippen molar-refractivity contribution in [3.8, 4) is 0 Å². The number of halogens is 2. The molecule has 0 aliphatic carbocycles. The lowest BCUT2D eigenvalue weighted by Crippen LogP contribution is -2.51. The van der Waals surface area contributed by atoms with Crippen LogP contribution in [0.25, 0.3) is 0 Å². The number of carbonyl (C=O) groups excluding carboxylic acids is 2. The van der Waals surface area contributed by atoms with Gasteiger partial charge < -0.3 is 10.2 Å². The van der Waals surface area contributed by atoms with Gasteiger partial charge in [0.1, 0.15) is 12.6 Å². The molecule has 0 radical (unpaired) electrons. The number of likely N-dealkylation sites (N-methyl/N-ethyl adjacent to an activating group) is 1. The Morgan fingerprint density at radius 3 is 2.38 bits per heavy atom. The standard InChI is InChI=1S/C21H24Cl2N4O6S/c1-4-19(21(29)24-2)25(12-14-8-9-15(22)10-18(14)23)20(28)13-26(34(3,32)33)16-6-5-7-17(11-16)27(30)31/h5-11,19H,4,12-13H2,1-3H3,(H,24,29)/t19-/m1/s1. The summed E-state index contributed by atoms with van der Waals surface area (Å²) in [5, 5.41) is 14.3. The highest BCUT2D eigenvalue weighted by atomic mass is 35.5. The maximum atomic E-state index is 13.4. The summed E-state index contributed by atoms with van der Waals surface area (Å²) in [4.78, 5) is 37.7. The molecule has 0 saturated carbocycles. The number of hydrogen-bond acceptors (Lipinski definition) is 6. The molecule has 0 heterocycles. The Morgan fingerprint density at radius 2 is 1.85 bits per heavy atom. The first-order valence-electron chi connectivity index (χ1n) is 10.1. The van der Waals surface area contributed by atoms with Crippen LogP contribution in [-0.4, -0.2) is 55.9 Å². The topological polar surface area (TPSA) is 130 Å². The van der Waals surface area contributed by atoms with Crippen molar-refractivity contribution in [2.45, 2.75) is 25.9 Å². The van der Waals surface area contributed by atoms with Crippen LogP contribution in [0.1, 0.15) is 18.9 Å². The lowest BCUT2D eigenvalue weighted by Gasteiger charge is -2.32. The molecule has 0 spiro atoms. The Morgan fingerprint density at radius 1 is 1.18 bits per heavy atom. The minimum Gasteiger partial charge on any atom is -0.357 e. The number of sulfonamides is 1. The van der Waals surface area contributed by atoms with Gasteiger partial charge in [-0.15, -0.1) is 0 Å². The largest absolute Gasteiger partial charge is 0.357 e. The third kappa shape index (κ3) is 6.81. The first-order valence-corrected chi connectivity index (χ1v) is 12.7. The highest BCUT2D eigenvalue weighted by molar-refractivity contribution is 7.92. The smallest absolute Gasteiger partial charge is 0.271 e. The van der Waals surface area contributed by atoms with Gasteiger partial charge in [-0.2, -0.15) is 0 Å². The van der Waals surface area contributed by atoms with Gasteiger partial charge in [0.25, 0.3) is 5.69 Å². The molecular weight excluding hydrogens is 507 g/mol. The fourth-order valence-corrected chi connectivity index (χ4v) is 4.60. The molecule has 0 saturated heterocycles. The average Bonchev–Trinajstić information content (AvgIpc) is 2.77. The summed E-state index contributed by atoms with van der Waals surface area (Å²) in [5.41, 5.74) is 0.116. The predicted octanol–water partition coefficient (Wildman–Crippen LogP) is 3.22. The van der Waals surface area contributed by atoms with Crippen LogP contribution in [0, 0.1) is 10.1 Å². The van der Waals surface area contributed by atoms with Gasteiger partial charge in [-0.25, -0.2) is 8.42 Å². The van der Waals surface area contributed by atoms with Crippen LogP contribution in [0.3, 0.4) is 0 Å². The molecule has 1 atom stereocenters. The highest BCUT2D eigenvalue weighted by Gasteiger charge is 2.32. The normalized spacial score (nSPS) is 12.0. The summed E-state index contributed by atoms with van der Waals surface area (Å²) in [6, 6.07) is 8.70. The van der Waals surface area contributed by atoms with Gasteiger partial charge in [-0.1, -0.05) is 42.3 Å². The van der Waals surface area contributed by atoms with E-state index in [4.69, 9.17) is 23.2 Å². The van der Waals surface area contributed by atoms with Crippen molar-refractivity contribution in [1.82, 2.24) is 10.2 Å². The second-order valence-electron chi connectivity index (χ2n) is 7.34. The summed E-state index contributed by atoms with van der Waals surface area (Å²) >= 11 is 12.2. The number of benzene rings is 2. The van der Waals surface area contributed by atoms with E-state index in [-0.39, 0.29) is 29.4 Å². The fraction of sp³-hybridized carbons (Fsp3) is 0.333. The second-order valence-corrected chi connectivity index (χ2v) is 10.1. The quantitative estimate of drug-likeness (QED) is 0.370. The Bertz CT molecular complexity index is 1190. The maximum Gasteiger partial charge on any atom is 0.271 e. The molecule has 10 nitrogen and oxygen atoms in total. The number of nitrogens with one attached hydrogen (secondary N) is 1. The number of amides is 2. The van der Waals surface area contributed by atoms with Crippen LogP contribution in [0.5, 0.6) is 0 Å². The minimum atomic E-state index is -4.01. The Balaban J connectivity index is 2.49. The number of hydrogen-bond donors (Lipinski definition) is 1. The molecule has 0 aliphatic heterocycles. The molecule has 0 unspecified atom stereocenters. The Kier molecular flexibility index (Phi) is 9.25. The zero-order chi connectivity index (χ0) is 25.6. The van der Waals surface area contributed by atoms with Crippen LogP contribution in [0.4, 0.5) is 11.4 Å². The lowest BCUT2D eigenvalue weighted by atomic mass is 10.1. The van der Waals surface area contributed by atoms with E-state index in [9.17, 15) is 28.1 Å². The summed E-state index contributed by atoms with van der Waals surface area (Å²) in [6.07, 6.45) is 1.13. The van der Waals surface area contributed by atoms with Crippen LogP contribution >= 0.6 is 23.2 Å². The van der Waals surface area contributed by atoms with Crippen molar-refractivity contribution in [1.29, 1.82) is 0 Å². The van der Waals surface area contributed by atoms with Crippen molar-refractivity contribution in [2.24, 2.45) is 0 Å². The number of nitrogens with zero attached hydrogens (tertiary/aromatic N) is 3. The number of nitro benzene ring substituents is 1. The SMILES string of the molecule is CC[C@H](C(=O)NC)N(Cc1ccc(Cl)cc1Cl)C(=O)CN(c1cccc([N+](=O)[O-])c1)S(C)(=O)=O. The molecule has 1 N–H and O–H groups in total. The van der Waals surface area contributed by atoms with Crippen molar-refractivity contribution in [3.05, 3.63) is 68.2 Å². The number of carbonyl (C=O) groups is 2. The molecule has 184 valence electrons. The molecule has 2 rings (SSSR count). The monoisotopic (exact) mass is 530 g/mol. The van der Waals surface area contributed by atoms with E-state index in [2.05, 4.69) is 5.32 Å². The van der Waals surface area contributed by atoms with Crippen LogP contribution in [0.2, 0.25) is 10.0 Å². The Labute approximate surface area is 207 Å². The van der Waals surface area contributed by atoms with Crippen molar-refractivity contribution in [2.75, 3.05) is 24.2 Å². The molecule has 0 bridgehead atoms. The summed E-state index contributed by atoms with van der Waals surface area (Å²) in [5.74, 6) is -1.14. The zero-order valence-electron chi connectivity index (χ0n) is 18.7. The van der Waals surface area contributed by atoms with E-state index < -0.39 is 39.3 Å². The summed E-state index contributed by atoms with van der Waals surface area (Å²) < 4.78 is 25.8. The number of nitro groups is 1. The summed E-state index contributed by atoms with van der Waals surface area (Å²) in [6.45, 7) is 0.935. The second kappa shape index (κ2) is 11.5. The van der Waals surface area contributed by atoms with E-state index in [0.717, 1.165) is 16.6 Å². The van der Waals surface area contributed by atoms with Gasteiger partial charge in [0, 0.05) is 35.8 Å². The molecular formula is C21H24Cl2N4O6S. The molecule has 0 aromatic heterocycles. The van der Waals surface area contributed by atoms with Crippen LogP contribution in [-0.2, 0) is 26.2 Å². The number of anilines is 1. The molecule has 0 aliphatic rings. The number of rotatable bonds is 10. The van der Waals surface area contributed by atoms with E-state index in [1.807, 2.05) is 0 Å². The maximum absolute atomic E-state index is 13.4. The van der Waals surface area contributed by atoms with Crippen molar-refractivity contribution in [3.63, 3.8) is 0 Å². The van der Waals surface area contributed by atoms with E-state index in [1.54, 1.807) is 19.1 Å². The van der Waals surface area contributed by atoms with Gasteiger partial charge in [0.15, 0.2) is 0 Å². The number of non-ortho nitro benzene ring substituents is 1. The van der Waals surface area contributed by atoms with Gasteiger partial charge in [0.2, 0.25) is 21.8 Å². The minimum absolute atomic E-state index is 0.0532. The molecule has 2 aromatic rings. The van der Waals surface area contributed by atoms with Crippen molar-refractivity contribution >= 4 is 56.4 Å². The average molecular weight is 531 g/mol. The fourth-order valence-electron chi connectivity index (χ4n) is 3.29. The van der Waals surface area contributed by atoms with E-state index in [0.29, 0.717) is 10.6 Å². The molecule has 2 amide bonds. The predicted molar refractivity (Wildman–Crippen MR) is 130 cm³/mol. The highest BCUT2D eigenvalue weighted by Crippen LogP contribution is 2.26. The van der Waals surface area contributed by atoms with Crippen molar-refractivity contribution < 1.29 is 22.9 Å². The van der Waals surface area contributed by atoms with Gasteiger partial charge in [0.05, 0.1) is 16.9 Å². The first-order chi connectivity index (χ1) is 15.9. The first kappa shape index (κ1) is 27.4. The molecule has 13 heteroatoms. The van der Waals surface area contributed by atoms with E-state index >= 15 is 0 Å². The van der Waals surface area contributed by atoms with Gasteiger partial charge >= 0.3 is 0 Å².